The van der Waals surface area contributed by atoms with Crippen molar-refractivity contribution in [3.05, 3.63) is 105 Å². The van der Waals surface area contributed by atoms with Crippen molar-refractivity contribution in [2.75, 3.05) is 6.61 Å². The number of azo groups is 1. The van der Waals surface area contributed by atoms with Crippen molar-refractivity contribution in [3.63, 3.8) is 0 Å². The van der Waals surface area contributed by atoms with E-state index in [2.05, 4.69) is 15.3 Å². The van der Waals surface area contributed by atoms with Gasteiger partial charge < -0.3 is 4.74 Å². The largest absolute Gasteiger partial charge is 0.462 e. The molecule has 0 saturated heterocycles. The number of carbonyl (C=O) groups is 1. The number of rotatable bonds is 7. The summed E-state index contributed by atoms with van der Waals surface area (Å²) in [6.45, 7) is 2.00. The minimum absolute atomic E-state index is 0.0344. The van der Waals surface area contributed by atoms with Crippen LogP contribution in [0.25, 0.3) is 16.9 Å². The predicted molar refractivity (Wildman–Crippen MR) is 125 cm³/mol. The zero-order valence-corrected chi connectivity index (χ0v) is 18.0. The van der Waals surface area contributed by atoms with Crippen LogP contribution < -0.4 is 5.56 Å². The van der Waals surface area contributed by atoms with Crippen molar-refractivity contribution in [3.8, 4) is 16.9 Å². The number of hydrogen-bond acceptors (Lipinski definition) is 7. The summed E-state index contributed by atoms with van der Waals surface area (Å²) in [7, 11) is 0. The second-order valence-electron chi connectivity index (χ2n) is 7.08. The molecule has 0 unspecified atom stereocenters. The molecule has 1 heterocycles. The van der Waals surface area contributed by atoms with E-state index in [4.69, 9.17) is 4.74 Å². The van der Waals surface area contributed by atoms with Gasteiger partial charge in [-0.25, -0.2) is 9.48 Å². The van der Waals surface area contributed by atoms with Crippen LogP contribution in [0.5, 0.6) is 0 Å². The Bertz CT molecular complexity index is 1410. The third-order valence-corrected chi connectivity index (χ3v) is 4.89. The Hall–Kier alpha value is -4.86. The van der Waals surface area contributed by atoms with Crippen LogP contribution in [0.3, 0.4) is 0 Å². The van der Waals surface area contributed by atoms with Gasteiger partial charge in [0, 0.05) is 17.7 Å². The van der Waals surface area contributed by atoms with Crippen LogP contribution in [0, 0.1) is 10.1 Å². The molecule has 10 heteroatoms. The van der Waals surface area contributed by atoms with Crippen LogP contribution in [-0.4, -0.2) is 27.3 Å². The third kappa shape index (κ3) is 4.65. The number of non-ortho nitro benzene ring substituents is 1. The lowest BCUT2D eigenvalue weighted by Gasteiger charge is -2.02. The molecular weight excluding hydrogens is 438 g/mol. The molecule has 0 saturated carbocycles. The van der Waals surface area contributed by atoms with Crippen molar-refractivity contribution in [1.82, 2.24) is 9.78 Å². The number of benzene rings is 3. The molecule has 4 rings (SSSR count). The van der Waals surface area contributed by atoms with Crippen molar-refractivity contribution in [1.29, 1.82) is 0 Å². The first-order chi connectivity index (χ1) is 16.5. The molecule has 3 aromatic carbocycles. The van der Waals surface area contributed by atoms with E-state index in [-0.39, 0.29) is 18.0 Å². The molecule has 0 atom stereocenters. The number of nitro benzene ring substituents is 1. The van der Waals surface area contributed by atoms with Gasteiger partial charge in [0.15, 0.2) is 5.69 Å². The standard InChI is InChI=1S/C24H19N5O5/c1-2-34-24(31)17-8-12-18(13-9-17)25-26-22-21(16-10-14-20(15-11-16)29(32)33)27-28(23(22)30)19-6-4-3-5-7-19/h3-15,27H,2H2,1H3. The first-order valence-corrected chi connectivity index (χ1v) is 10.3. The van der Waals surface area contributed by atoms with E-state index in [9.17, 15) is 19.7 Å². The van der Waals surface area contributed by atoms with Crippen molar-refractivity contribution in [2.45, 2.75) is 6.92 Å². The van der Waals surface area contributed by atoms with Crippen molar-refractivity contribution >= 4 is 23.0 Å². The van der Waals surface area contributed by atoms with Crippen molar-refractivity contribution < 1.29 is 14.5 Å². The number of esters is 1. The van der Waals surface area contributed by atoms with E-state index in [0.29, 0.717) is 28.2 Å². The van der Waals surface area contributed by atoms with Gasteiger partial charge >= 0.3 is 5.97 Å². The van der Waals surface area contributed by atoms with Gasteiger partial charge in [0.1, 0.15) is 0 Å². The molecule has 0 radical (unpaired) electrons. The van der Waals surface area contributed by atoms with Gasteiger partial charge in [0.25, 0.3) is 11.2 Å². The fourth-order valence-electron chi connectivity index (χ4n) is 3.22. The second kappa shape index (κ2) is 9.74. The molecule has 170 valence electrons. The van der Waals surface area contributed by atoms with Crippen LogP contribution >= 0.6 is 0 Å². The van der Waals surface area contributed by atoms with Crippen LogP contribution in [0.2, 0.25) is 0 Å². The van der Waals surface area contributed by atoms with E-state index in [1.165, 1.54) is 28.9 Å². The maximum Gasteiger partial charge on any atom is 0.338 e. The lowest BCUT2D eigenvalue weighted by Crippen LogP contribution is -2.13. The first-order valence-electron chi connectivity index (χ1n) is 10.3. The predicted octanol–water partition coefficient (Wildman–Crippen LogP) is 5.33. The molecule has 0 aliphatic heterocycles. The third-order valence-electron chi connectivity index (χ3n) is 4.89. The summed E-state index contributed by atoms with van der Waals surface area (Å²) < 4.78 is 6.29. The summed E-state index contributed by atoms with van der Waals surface area (Å²) in [5, 5.41) is 22.4. The Morgan fingerprint density at radius 2 is 1.68 bits per heavy atom. The summed E-state index contributed by atoms with van der Waals surface area (Å²) >= 11 is 0. The van der Waals surface area contributed by atoms with Crippen LogP contribution in [0.1, 0.15) is 17.3 Å². The molecule has 0 spiro atoms. The van der Waals surface area contributed by atoms with Crippen molar-refractivity contribution in [2.24, 2.45) is 10.2 Å². The summed E-state index contributed by atoms with van der Waals surface area (Å²) in [5.41, 5.74) is 1.81. The minimum Gasteiger partial charge on any atom is -0.462 e. The van der Waals surface area contributed by atoms with E-state index in [1.54, 1.807) is 55.5 Å². The summed E-state index contributed by atoms with van der Waals surface area (Å²) in [5.74, 6) is -0.442. The zero-order valence-electron chi connectivity index (χ0n) is 18.0. The number of nitrogens with zero attached hydrogens (tertiary/aromatic N) is 4. The molecule has 4 aromatic rings. The fourth-order valence-corrected chi connectivity index (χ4v) is 3.22. The zero-order chi connectivity index (χ0) is 24.1. The first kappa shape index (κ1) is 22.3. The van der Waals surface area contributed by atoms with Gasteiger partial charge in [-0.15, -0.1) is 5.11 Å². The molecule has 0 bridgehead atoms. The maximum atomic E-state index is 13.2. The molecule has 0 amide bonds. The van der Waals surface area contributed by atoms with Gasteiger partial charge in [0.05, 0.1) is 34.2 Å². The Morgan fingerprint density at radius 3 is 2.29 bits per heavy atom. The highest BCUT2D eigenvalue weighted by molar-refractivity contribution is 5.89. The molecule has 34 heavy (non-hydrogen) atoms. The summed E-state index contributed by atoms with van der Waals surface area (Å²) in [4.78, 5) is 35.5. The highest BCUT2D eigenvalue weighted by atomic mass is 16.6. The average molecular weight is 457 g/mol. The topological polar surface area (TPSA) is 132 Å². The summed E-state index contributed by atoms with van der Waals surface area (Å²) in [6.07, 6.45) is 0. The highest BCUT2D eigenvalue weighted by Gasteiger charge is 2.18. The Labute approximate surface area is 193 Å². The molecule has 1 aromatic heterocycles. The number of aromatic amines is 1. The maximum absolute atomic E-state index is 13.2. The number of nitrogens with one attached hydrogen (secondary N) is 1. The molecule has 0 aliphatic rings. The molecule has 0 aliphatic carbocycles. The number of aromatic nitrogens is 2. The monoisotopic (exact) mass is 457 g/mol. The number of para-hydroxylation sites is 1. The Balaban J connectivity index is 1.74. The smallest absolute Gasteiger partial charge is 0.338 e. The molecule has 1 N–H and O–H groups in total. The normalized spacial score (nSPS) is 11.0. The van der Waals surface area contributed by atoms with Crippen LogP contribution in [0.4, 0.5) is 17.1 Å². The van der Waals surface area contributed by atoms with Gasteiger partial charge in [-0.2, -0.15) is 5.11 Å². The van der Waals surface area contributed by atoms with Gasteiger partial charge in [-0.05, 0) is 55.5 Å². The lowest BCUT2D eigenvalue weighted by atomic mass is 10.1. The van der Waals surface area contributed by atoms with Gasteiger partial charge in [-0.1, -0.05) is 18.2 Å². The number of ether oxygens (including phenoxy) is 1. The van der Waals surface area contributed by atoms with E-state index >= 15 is 0 Å². The van der Waals surface area contributed by atoms with Crippen LogP contribution in [0.15, 0.2) is 93.9 Å². The Kier molecular flexibility index (Phi) is 6.40. The van der Waals surface area contributed by atoms with E-state index in [0.717, 1.165) is 0 Å². The number of nitro groups is 1. The quantitative estimate of drug-likeness (QED) is 0.173. The highest BCUT2D eigenvalue weighted by Crippen LogP contribution is 2.29. The fraction of sp³-hybridized carbons (Fsp3) is 0.0833. The second-order valence-corrected chi connectivity index (χ2v) is 7.08. The lowest BCUT2D eigenvalue weighted by molar-refractivity contribution is -0.384. The summed E-state index contributed by atoms with van der Waals surface area (Å²) in [6, 6.07) is 21.0. The molecular formula is C24H19N5O5. The van der Waals surface area contributed by atoms with E-state index in [1.807, 2.05) is 6.07 Å². The molecule has 0 fully saturated rings. The van der Waals surface area contributed by atoms with Gasteiger partial charge in [-0.3, -0.25) is 20.0 Å². The SMILES string of the molecule is CCOC(=O)c1ccc(N=Nc2c(-c3ccc([N+](=O)[O-])cc3)[nH]n(-c3ccccc3)c2=O)cc1. The molecule has 10 nitrogen and oxygen atoms in total. The Morgan fingerprint density at radius 1 is 1.00 bits per heavy atom. The average Bonchev–Trinajstić information content (AvgIpc) is 3.19. The minimum atomic E-state index is -0.498. The van der Waals surface area contributed by atoms with Crippen LogP contribution in [-0.2, 0) is 4.74 Å². The number of hydrogen-bond donors (Lipinski definition) is 1. The van der Waals surface area contributed by atoms with Gasteiger partial charge in [0.2, 0.25) is 0 Å². The number of H-pyrrole nitrogens is 1. The number of carbonyl (C=O) groups excluding carboxylic acids is 1. The van der Waals surface area contributed by atoms with E-state index < -0.39 is 16.5 Å².